The van der Waals surface area contributed by atoms with Crippen LogP contribution in [0.1, 0.15) is 11.8 Å². The molecule has 4 N–H and O–H groups in total. The number of aromatic nitrogens is 4. The van der Waals surface area contributed by atoms with E-state index in [9.17, 15) is 9.59 Å². The number of nitrogens with one attached hydrogen (secondary N) is 3. The average molecular weight is 295 g/mol. The van der Waals surface area contributed by atoms with Gasteiger partial charge in [-0.15, -0.1) is 0 Å². The third-order valence-electron chi connectivity index (χ3n) is 2.73. The summed E-state index contributed by atoms with van der Waals surface area (Å²) < 4.78 is 0. The number of aromatic carboxylic acids is 1. The van der Waals surface area contributed by atoms with Crippen LogP contribution in [0.15, 0.2) is 35.4 Å². The van der Waals surface area contributed by atoms with Gasteiger partial charge in [0, 0.05) is 11.1 Å². The first kappa shape index (κ1) is 15.2. The van der Waals surface area contributed by atoms with Crippen molar-refractivity contribution < 1.29 is 40.9 Å². The van der Waals surface area contributed by atoms with E-state index in [2.05, 4.69) is 25.5 Å². The first-order valence-electron chi connectivity index (χ1n) is 5.66. The predicted molar refractivity (Wildman–Crippen MR) is 72.3 cm³/mol. The smallest absolute Gasteiger partial charge is 1.00 e. The number of carboxylic acid groups (broad SMARTS) is 1. The van der Waals surface area contributed by atoms with Crippen molar-refractivity contribution in [2.45, 2.75) is 0 Å². The second-order valence-electron chi connectivity index (χ2n) is 4.08. The zero-order chi connectivity index (χ0) is 14.1. The Balaban J connectivity index is 0.00000121. The quantitative estimate of drug-likeness (QED) is 0.423. The van der Waals surface area contributed by atoms with E-state index in [-0.39, 0.29) is 36.9 Å². The molecular weight excluding hydrogens is 285 g/mol. The van der Waals surface area contributed by atoms with Gasteiger partial charge in [0.1, 0.15) is 5.56 Å². The molecule has 0 fully saturated rings. The monoisotopic (exact) mass is 295 g/mol. The van der Waals surface area contributed by atoms with Gasteiger partial charge in [-0.3, -0.25) is 14.9 Å². The molecule has 8 nitrogen and oxygen atoms in total. The summed E-state index contributed by atoms with van der Waals surface area (Å²) in [6.45, 7) is 0. The zero-order valence-corrected chi connectivity index (χ0v) is 13.0. The van der Waals surface area contributed by atoms with Crippen LogP contribution in [0, 0.1) is 0 Å². The summed E-state index contributed by atoms with van der Waals surface area (Å²) >= 11 is 0. The molecule has 0 radical (unpaired) electrons. The third-order valence-corrected chi connectivity index (χ3v) is 2.73. The van der Waals surface area contributed by atoms with Crippen LogP contribution in [0.4, 0.5) is 11.6 Å². The van der Waals surface area contributed by atoms with Crippen LogP contribution in [-0.2, 0) is 0 Å². The molecule has 0 amide bonds. The summed E-state index contributed by atoms with van der Waals surface area (Å²) in [7, 11) is 0. The van der Waals surface area contributed by atoms with Crippen molar-refractivity contribution in [2.75, 3.05) is 5.32 Å². The second-order valence-corrected chi connectivity index (χ2v) is 4.08. The minimum atomic E-state index is -1.32. The standard InChI is InChI=1S/C12H9N5O3.Na.H/c18-10-8(11(19)20)5-13-12(16-10)15-7-2-1-6-4-14-17-9(6)3-7;;/h1-5H,(H,14,17)(H,19,20)(H2,13,15,16,18);;/q;+1;-1. The summed E-state index contributed by atoms with van der Waals surface area (Å²) in [6.07, 6.45) is 2.71. The summed E-state index contributed by atoms with van der Waals surface area (Å²) in [5.41, 5.74) is 0.407. The largest absolute Gasteiger partial charge is 1.00 e. The number of hydrogen-bond donors (Lipinski definition) is 4. The zero-order valence-electron chi connectivity index (χ0n) is 12.0. The van der Waals surface area contributed by atoms with Gasteiger partial charge in [0.05, 0.1) is 17.9 Å². The molecular formula is C12H10N5NaO3. The molecule has 0 atom stereocenters. The van der Waals surface area contributed by atoms with Gasteiger partial charge in [-0.25, -0.2) is 9.78 Å². The molecule has 0 unspecified atom stereocenters. The van der Waals surface area contributed by atoms with E-state index in [1.54, 1.807) is 18.3 Å². The van der Waals surface area contributed by atoms with E-state index >= 15 is 0 Å². The summed E-state index contributed by atoms with van der Waals surface area (Å²) in [5.74, 6) is -1.15. The Morgan fingerprint density at radius 1 is 1.33 bits per heavy atom. The van der Waals surface area contributed by atoms with E-state index in [0.29, 0.717) is 5.69 Å². The van der Waals surface area contributed by atoms with Crippen LogP contribution in [-0.4, -0.2) is 31.2 Å². The Morgan fingerprint density at radius 2 is 2.14 bits per heavy atom. The predicted octanol–water partition coefficient (Wildman–Crippen LogP) is -1.80. The number of carbonyl (C=O) groups is 1. The number of fused-ring (bicyclic) bond motifs is 1. The van der Waals surface area contributed by atoms with Crippen molar-refractivity contribution in [3.05, 3.63) is 46.5 Å². The van der Waals surface area contributed by atoms with Crippen LogP contribution >= 0.6 is 0 Å². The molecule has 21 heavy (non-hydrogen) atoms. The molecule has 0 saturated carbocycles. The van der Waals surface area contributed by atoms with Gasteiger partial charge in [0.25, 0.3) is 5.56 Å². The third kappa shape index (κ3) is 3.13. The van der Waals surface area contributed by atoms with Crippen LogP contribution in [0.5, 0.6) is 0 Å². The van der Waals surface area contributed by atoms with Crippen LogP contribution in [0.25, 0.3) is 10.9 Å². The number of nitrogens with zero attached hydrogens (tertiary/aromatic N) is 2. The van der Waals surface area contributed by atoms with E-state index in [0.717, 1.165) is 17.1 Å². The molecule has 3 aromatic rings. The SMILES string of the molecule is O=C(O)c1cnc(Nc2ccc3cn[nH]c3c2)[nH]c1=O.[H-].[Na+]. The Hall–Kier alpha value is -2.16. The van der Waals surface area contributed by atoms with Gasteiger partial charge >= 0.3 is 35.5 Å². The van der Waals surface area contributed by atoms with E-state index in [1.165, 1.54) is 0 Å². The Morgan fingerprint density at radius 3 is 2.86 bits per heavy atom. The molecule has 0 aliphatic rings. The minimum Gasteiger partial charge on any atom is -1.00 e. The molecule has 2 heterocycles. The topological polar surface area (TPSA) is 124 Å². The van der Waals surface area contributed by atoms with Gasteiger partial charge in [0.2, 0.25) is 5.95 Å². The molecule has 102 valence electrons. The maximum absolute atomic E-state index is 11.5. The fraction of sp³-hybridized carbons (Fsp3) is 0. The second kappa shape index (κ2) is 6.08. The summed E-state index contributed by atoms with van der Waals surface area (Å²) in [6, 6.07) is 5.45. The molecule has 9 heteroatoms. The number of carboxylic acids is 1. The summed E-state index contributed by atoms with van der Waals surface area (Å²) in [4.78, 5) is 28.4. The van der Waals surface area contributed by atoms with Crippen molar-refractivity contribution in [1.29, 1.82) is 0 Å². The van der Waals surface area contributed by atoms with Crippen molar-refractivity contribution in [3.63, 3.8) is 0 Å². The first-order valence-corrected chi connectivity index (χ1v) is 5.66. The maximum atomic E-state index is 11.5. The van der Waals surface area contributed by atoms with Gasteiger partial charge in [-0.2, -0.15) is 5.10 Å². The van der Waals surface area contributed by atoms with Crippen LogP contribution < -0.4 is 40.4 Å². The first-order chi connectivity index (χ1) is 9.63. The fourth-order valence-corrected chi connectivity index (χ4v) is 1.76. The number of hydrogen-bond acceptors (Lipinski definition) is 5. The van der Waals surface area contributed by atoms with E-state index in [4.69, 9.17) is 5.11 Å². The number of H-pyrrole nitrogens is 2. The van der Waals surface area contributed by atoms with E-state index in [1.807, 2.05) is 6.07 Å². The Labute approximate surface area is 141 Å². The Bertz CT molecular complexity index is 863. The van der Waals surface area contributed by atoms with Gasteiger partial charge < -0.3 is 11.8 Å². The number of rotatable bonds is 3. The Kier molecular flexibility index (Phi) is 4.41. The molecule has 0 bridgehead atoms. The molecule has 0 aliphatic carbocycles. The fourth-order valence-electron chi connectivity index (χ4n) is 1.76. The minimum absolute atomic E-state index is 0. The number of aromatic amines is 2. The molecule has 0 spiro atoms. The molecule has 0 aliphatic heterocycles. The van der Waals surface area contributed by atoms with Crippen LogP contribution in [0.2, 0.25) is 0 Å². The van der Waals surface area contributed by atoms with Crippen molar-refractivity contribution in [2.24, 2.45) is 0 Å². The van der Waals surface area contributed by atoms with Crippen LogP contribution in [0.3, 0.4) is 0 Å². The molecule has 2 aromatic heterocycles. The molecule has 1 aromatic carbocycles. The average Bonchev–Trinajstić information content (AvgIpc) is 2.85. The van der Waals surface area contributed by atoms with Gasteiger partial charge in [0.15, 0.2) is 0 Å². The van der Waals surface area contributed by atoms with Gasteiger partial charge in [-0.1, -0.05) is 0 Å². The normalized spacial score (nSPS) is 10.1. The van der Waals surface area contributed by atoms with Crippen molar-refractivity contribution in [3.8, 4) is 0 Å². The number of anilines is 2. The van der Waals surface area contributed by atoms with Crippen molar-refractivity contribution in [1.82, 2.24) is 20.2 Å². The van der Waals surface area contributed by atoms with Crippen molar-refractivity contribution >= 4 is 28.5 Å². The van der Waals surface area contributed by atoms with E-state index < -0.39 is 17.1 Å². The summed E-state index contributed by atoms with van der Waals surface area (Å²) in [5, 5.41) is 19.3. The number of benzene rings is 1. The molecule has 3 rings (SSSR count). The van der Waals surface area contributed by atoms with Gasteiger partial charge in [-0.05, 0) is 18.2 Å². The maximum Gasteiger partial charge on any atom is 1.00 e. The molecule has 0 saturated heterocycles.